The van der Waals surface area contributed by atoms with Crippen LogP contribution in [0.4, 0.5) is 4.39 Å². The Hall–Kier alpha value is -2.21. The van der Waals surface area contributed by atoms with E-state index in [0.717, 1.165) is 0 Å². The Bertz CT molecular complexity index is 680. The van der Waals surface area contributed by atoms with Crippen molar-refractivity contribution in [1.29, 1.82) is 0 Å². The quantitative estimate of drug-likeness (QED) is 0.846. The molecule has 2 rings (SSSR count). The van der Waals surface area contributed by atoms with Crippen LogP contribution in [-0.2, 0) is 4.74 Å². The maximum Gasteiger partial charge on any atom is 0.344 e. The lowest BCUT2D eigenvalue weighted by Gasteiger charge is -2.04. The van der Waals surface area contributed by atoms with Crippen LogP contribution in [0.25, 0.3) is 10.8 Å². The summed E-state index contributed by atoms with van der Waals surface area (Å²) in [4.78, 5) is 23.5. The molecule has 0 saturated heterocycles. The number of carbonyl (C=O) groups is 1. The van der Waals surface area contributed by atoms with Crippen LogP contribution in [0.2, 0.25) is 0 Å². The Labute approximate surface area is 114 Å². The van der Waals surface area contributed by atoms with Gasteiger partial charge in [-0.05, 0) is 36.1 Å². The summed E-state index contributed by atoms with van der Waals surface area (Å²) in [6.07, 6.45) is 0.648. The molecule has 0 aliphatic rings. The minimum absolute atomic E-state index is 0.134. The van der Waals surface area contributed by atoms with Crippen molar-refractivity contribution in [2.24, 2.45) is 0 Å². The van der Waals surface area contributed by atoms with Gasteiger partial charge < -0.3 is 14.5 Å². The van der Waals surface area contributed by atoms with E-state index in [4.69, 9.17) is 9.15 Å². The highest BCUT2D eigenvalue weighted by molar-refractivity contribution is 5.95. The van der Waals surface area contributed by atoms with Gasteiger partial charge in [-0.25, -0.2) is 9.18 Å². The average molecular weight is 279 g/mol. The second-order valence-electron chi connectivity index (χ2n) is 4.23. The van der Waals surface area contributed by atoms with Gasteiger partial charge in [-0.15, -0.1) is 0 Å². The Morgan fingerprint density at radius 1 is 1.40 bits per heavy atom. The molecule has 0 bridgehead atoms. The number of fused-ring (bicyclic) bond motifs is 1. The number of carbonyl (C=O) groups excluding carboxylic acids is 1. The van der Waals surface area contributed by atoms with Crippen LogP contribution in [-0.4, -0.2) is 26.2 Å². The monoisotopic (exact) mass is 279 g/mol. The largest absolute Gasteiger partial charge is 0.417 e. The molecule has 1 N–H and O–H groups in total. The van der Waals surface area contributed by atoms with Crippen molar-refractivity contribution in [2.45, 2.75) is 6.42 Å². The molecule has 1 aromatic carbocycles. The van der Waals surface area contributed by atoms with Crippen LogP contribution >= 0.6 is 0 Å². The second kappa shape index (κ2) is 6.29. The van der Waals surface area contributed by atoms with Gasteiger partial charge in [0.05, 0.1) is 5.39 Å². The van der Waals surface area contributed by atoms with Crippen LogP contribution in [0.5, 0.6) is 0 Å². The summed E-state index contributed by atoms with van der Waals surface area (Å²) in [5.74, 6) is -1.12. The second-order valence-corrected chi connectivity index (χ2v) is 4.23. The van der Waals surface area contributed by atoms with E-state index in [-0.39, 0.29) is 11.1 Å². The average Bonchev–Trinajstić information content (AvgIpc) is 2.42. The van der Waals surface area contributed by atoms with Gasteiger partial charge in [0.25, 0.3) is 5.91 Å². The fourth-order valence-electron chi connectivity index (χ4n) is 1.78. The fraction of sp³-hybridized carbons (Fsp3) is 0.286. The van der Waals surface area contributed by atoms with Crippen LogP contribution in [0.3, 0.4) is 0 Å². The van der Waals surface area contributed by atoms with Gasteiger partial charge in [0.15, 0.2) is 5.76 Å². The molecule has 0 fully saturated rings. The van der Waals surface area contributed by atoms with E-state index in [9.17, 15) is 14.0 Å². The van der Waals surface area contributed by atoms with Crippen molar-refractivity contribution in [3.05, 3.63) is 46.3 Å². The number of hydrogen-bond donors (Lipinski definition) is 1. The highest BCUT2D eigenvalue weighted by Gasteiger charge is 2.12. The van der Waals surface area contributed by atoms with Crippen molar-refractivity contribution < 1.29 is 18.3 Å². The third-order valence-corrected chi connectivity index (χ3v) is 2.76. The summed E-state index contributed by atoms with van der Waals surface area (Å²) in [5, 5.41) is 3.17. The van der Waals surface area contributed by atoms with E-state index in [1.54, 1.807) is 7.11 Å². The third-order valence-electron chi connectivity index (χ3n) is 2.76. The Morgan fingerprint density at radius 2 is 2.20 bits per heavy atom. The van der Waals surface area contributed by atoms with E-state index in [0.29, 0.717) is 25.0 Å². The predicted molar refractivity (Wildman–Crippen MR) is 71.3 cm³/mol. The highest BCUT2D eigenvalue weighted by atomic mass is 19.1. The lowest BCUT2D eigenvalue weighted by molar-refractivity contribution is 0.0917. The Morgan fingerprint density at radius 3 is 2.95 bits per heavy atom. The first kappa shape index (κ1) is 14.2. The van der Waals surface area contributed by atoms with Crippen molar-refractivity contribution in [3.63, 3.8) is 0 Å². The molecule has 5 nitrogen and oxygen atoms in total. The Balaban J connectivity index is 2.22. The molecule has 0 aliphatic heterocycles. The topological polar surface area (TPSA) is 68.5 Å². The van der Waals surface area contributed by atoms with Crippen LogP contribution in [0, 0.1) is 5.82 Å². The van der Waals surface area contributed by atoms with E-state index in [2.05, 4.69) is 5.32 Å². The van der Waals surface area contributed by atoms with Crippen LogP contribution in [0.1, 0.15) is 17.0 Å². The van der Waals surface area contributed by atoms with Gasteiger partial charge >= 0.3 is 5.63 Å². The van der Waals surface area contributed by atoms with E-state index < -0.39 is 17.3 Å². The minimum Gasteiger partial charge on any atom is -0.417 e. The smallest absolute Gasteiger partial charge is 0.344 e. The van der Waals surface area contributed by atoms with Gasteiger partial charge in [0, 0.05) is 20.3 Å². The summed E-state index contributed by atoms with van der Waals surface area (Å²) in [7, 11) is 1.57. The lowest BCUT2D eigenvalue weighted by Crippen LogP contribution is -2.26. The van der Waals surface area contributed by atoms with Crippen LogP contribution in [0.15, 0.2) is 33.5 Å². The lowest BCUT2D eigenvalue weighted by atomic mass is 10.1. The zero-order valence-corrected chi connectivity index (χ0v) is 10.9. The fourth-order valence-corrected chi connectivity index (χ4v) is 1.78. The highest BCUT2D eigenvalue weighted by Crippen LogP contribution is 2.13. The molecule has 1 amide bonds. The van der Waals surface area contributed by atoms with Crippen molar-refractivity contribution in [1.82, 2.24) is 5.32 Å². The van der Waals surface area contributed by atoms with Crippen molar-refractivity contribution >= 4 is 16.7 Å². The Kier molecular flexibility index (Phi) is 4.47. The molecular formula is C14H14FNO4. The summed E-state index contributed by atoms with van der Waals surface area (Å²) >= 11 is 0. The number of methoxy groups -OCH3 is 1. The molecule has 0 unspecified atom stereocenters. The van der Waals surface area contributed by atoms with E-state index in [1.807, 2.05) is 0 Å². The molecule has 2 aromatic rings. The third kappa shape index (κ3) is 3.21. The molecule has 0 aliphatic carbocycles. The number of amides is 1. The van der Waals surface area contributed by atoms with Gasteiger partial charge in [-0.2, -0.15) is 0 Å². The molecule has 0 saturated carbocycles. The molecule has 106 valence electrons. The predicted octanol–water partition coefficient (Wildman–Crippen LogP) is 1.70. The first-order valence-corrected chi connectivity index (χ1v) is 6.12. The van der Waals surface area contributed by atoms with Gasteiger partial charge in [-0.1, -0.05) is 0 Å². The molecular weight excluding hydrogens is 265 g/mol. The molecule has 1 heterocycles. The molecule has 0 spiro atoms. The van der Waals surface area contributed by atoms with Crippen LogP contribution < -0.4 is 10.9 Å². The van der Waals surface area contributed by atoms with Crippen molar-refractivity contribution in [3.8, 4) is 0 Å². The van der Waals surface area contributed by atoms with Gasteiger partial charge in [0.1, 0.15) is 5.82 Å². The molecule has 0 radical (unpaired) electrons. The van der Waals surface area contributed by atoms with Crippen molar-refractivity contribution in [2.75, 3.05) is 20.3 Å². The maximum absolute atomic E-state index is 13.1. The number of nitrogens with one attached hydrogen (secondary N) is 1. The summed E-state index contributed by atoms with van der Waals surface area (Å²) < 4.78 is 22.9. The van der Waals surface area contributed by atoms with E-state index in [1.165, 1.54) is 24.3 Å². The number of benzene rings is 1. The SMILES string of the molecule is COCCCNC(=O)c1cc2cc(F)ccc2c(=O)o1. The number of halogens is 1. The zero-order chi connectivity index (χ0) is 14.5. The zero-order valence-electron chi connectivity index (χ0n) is 10.9. The summed E-state index contributed by atoms with van der Waals surface area (Å²) in [6, 6.07) is 5.04. The normalized spacial score (nSPS) is 10.7. The summed E-state index contributed by atoms with van der Waals surface area (Å²) in [6.45, 7) is 0.921. The molecule has 0 atom stereocenters. The summed E-state index contributed by atoms with van der Waals surface area (Å²) in [5.41, 5.74) is -0.662. The van der Waals surface area contributed by atoms with Gasteiger partial charge in [0.2, 0.25) is 0 Å². The maximum atomic E-state index is 13.1. The first-order chi connectivity index (χ1) is 9.61. The number of rotatable bonds is 5. The van der Waals surface area contributed by atoms with E-state index >= 15 is 0 Å². The number of hydrogen-bond acceptors (Lipinski definition) is 4. The molecule has 6 heteroatoms. The minimum atomic E-state index is -0.662. The number of ether oxygens (including phenoxy) is 1. The first-order valence-electron chi connectivity index (χ1n) is 6.12. The van der Waals surface area contributed by atoms with Gasteiger partial charge in [-0.3, -0.25) is 4.79 Å². The standard InChI is InChI=1S/C14H14FNO4/c1-19-6-2-5-16-13(17)12-8-9-7-10(15)3-4-11(9)14(18)20-12/h3-4,7-8H,2,5-6H2,1H3,(H,16,17). The molecule has 20 heavy (non-hydrogen) atoms. The molecule has 1 aromatic heterocycles.